The highest BCUT2D eigenvalue weighted by atomic mass is 35.5. The van der Waals surface area contributed by atoms with E-state index < -0.39 is 5.97 Å². The number of benzene rings is 1. The first kappa shape index (κ1) is 22.8. The Morgan fingerprint density at radius 2 is 1.97 bits per heavy atom. The predicted molar refractivity (Wildman–Crippen MR) is 135 cm³/mol. The second kappa shape index (κ2) is 9.00. The van der Waals surface area contributed by atoms with Gasteiger partial charge in [0.2, 0.25) is 0 Å². The lowest BCUT2D eigenvalue weighted by molar-refractivity contribution is 0.0697. The quantitative estimate of drug-likeness (QED) is 0.286. The molecule has 1 unspecified atom stereocenters. The minimum Gasteiger partial charge on any atom is -0.478 e. The Bertz CT molecular complexity index is 1540. The van der Waals surface area contributed by atoms with E-state index in [1.807, 2.05) is 38.2 Å². The molecule has 0 aliphatic heterocycles. The normalized spacial score (nSPS) is 12.2. The van der Waals surface area contributed by atoms with Gasteiger partial charge in [0.1, 0.15) is 5.76 Å². The van der Waals surface area contributed by atoms with E-state index in [0.29, 0.717) is 10.6 Å². The maximum Gasteiger partial charge on any atom is 0.335 e. The molecule has 176 valence electrons. The van der Waals surface area contributed by atoms with Gasteiger partial charge in [-0.25, -0.2) is 4.79 Å². The van der Waals surface area contributed by atoms with Crippen LogP contribution in [0.4, 0.5) is 0 Å². The Morgan fingerprint density at radius 3 is 2.63 bits per heavy atom. The minimum absolute atomic E-state index is 0.0596. The summed E-state index contributed by atoms with van der Waals surface area (Å²) in [6.45, 7) is 5.89. The molecule has 0 radical (unpaired) electrons. The molecule has 5 aromatic rings. The Hall–Kier alpha value is -3.97. The van der Waals surface area contributed by atoms with Gasteiger partial charge in [-0.2, -0.15) is 0 Å². The number of rotatable bonds is 6. The van der Waals surface area contributed by atoms with Gasteiger partial charge in [-0.3, -0.25) is 9.97 Å². The van der Waals surface area contributed by atoms with Crippen molar-refractivity contribution >= 4 is 28.6 Å². The third kappa shape index (κ3) is 3.98. The van der Waals surface area contributed by atoms with E-state index in [0.717, 1.165) is 51.3 Å². The maximum atomic E-state index is 11.7. The second-order valence-corrected chi connectivity index (χ2v) is 8.83. The number of halogens is 1. The fourth-order valence-corrected chi connectivity index (χ4v) is 4.82. The van der Waals surface area contributed by atoms with Crippen molar-refractivity contribution in [3.05, 3.63) is 88.8 Å². The molecule has 1 atom stereocenters. The van der Waals surface area contributed by atoms with Crippen LogP contribution < -0.4 is 0 Å². The number of aromatic nitrogens is 4. The number of aromatic carboxylic acids is 1. The molecule has 4 aromatic heterocycles. The lowest BCUT2D eigenvalue weighted by atomic mass is 10.0. The molecule has 7 nitrogen and oxygen atoms in total. The number of nitrogens with zero attached hydrogens (tertiary/aromatic N) is 4. The summed E-state index contributed by atoms with van der Waals surface area (Å²) >= 11 is 6.57. The van der Waals surface area contributed by atoms with Crippen molar-refractivity contribution in [3.63, 3.8) is 0 Å². The summed E-state index contributed by atoms with van der Waals surface area (Å²) in [7, 11) is 0. The van der Waals surface area contributed by atoms with E-state index in [9.17, 15) is 9.90 Å². The first-order chi connectivity index (χ1) is 16.9. The van der Waals surface area contributed by atoms with Crippen LogP contribution in [0.5, 0.6) is 0 Å². The van der Waals surface area contributed by atoms with Gasteiger partial charge in [0, 0.05) is 45.9 Å². The summed E-state index contributed by atoms with van der Waals surface area (Å²) in [5, 5.41) is 14.1. The molecule has 35 heavy (non-hydrogen) atoms. The number of carbonyl (C=O) groups is 1. The number of aryl methyl sites for hydroxylation is 2. The minimum atomic E-state index is -1.01. The van der Waals surface area contributed by atoms with Gasteiger partial charge in [-0.1, -0.05) is 29.7 Å². The highest BCUT2D eigenvalue weighted by Gasteiger charge is 2.23. The van der Waals surface area contributed by atoms with Crippen molar-refractivity contribution < 1.29 is 14.4 Å². The summed E-state index contributed by atoms with van der Waals surface area (Å²) in [6, 6.07) is 12.6. The summed E-state index contributed by atoms with van der Waals surface area (Å²) in [6.07, 6.45) is 6.36. The van der Waals surface area contributed by atoms with Crippen LogP contribution in [0.25, 0.3) is 33.3 Å². The van der Waals surface area contributed by atoms with E-state index >= 15 is 0 Å². The van der Waals surface area contributed by atoms with Crippen LogP contribution in [0.2, 0.25) is 5.02 Å². The van der Waals surface area contributed by atoms with Crippen LogP contribution in [-0.4, -0.2) is 30.8 Å². The smallest absolute Gasteiger partial charge is 0.335 e. The van der Waals surface area contributed by atoms with Gasteiger partial charge < -0.3 is 14.2 Å². The predicted octanol–water partition coefficient (Wildman–Crippen LogP) is 6.72. The van der Waals surface area contributed by atoms with Gasteiger partial charge in [-0.15, -0.1) is 0 Å². The topological polar surface area (TPSA) is 94.0 Å². The average molecular weight is 487 g/mol. The molecule has 0 spiro atoms. The van der Waals surface area contributed by atoms with E-state index in [2.05, 4.69) is 27.7 Å². The van der Waals surface area contributed by atoms with Crippen LogP contribution in [0.15, 0.2) is 65.6 Å². The molecule has 0 aliphatic rings. The molecular formula is C27H23ClN4O3. The van der Waals surface area contributed by atoms with E-state index in [1.54, 1.807) is 24.5 Å². The molecule has 0 fully saturated rings. The summed E-state index contributed by atoms with van der Waals surface area (Å²) < 4.78 is 7.53. The number of fused-ring (bicyclic) bond motifs is 1. The molecule has 4 heterocycles. The lowest BCUT2D eigenvalue weighted by Crippen LogP contribution is -2.10. The monoisotopic (exact) mass is 486 g/mol. The molecule has 5 rings (SSSR count). The SMILES string of the molecule is CCC(c1ccccn1)n1cc(-c2cc(C(=O)O)ccc2Cl)c2ncc(-c3c(C)noc3C)cc21. The Kier molecular flexibility index (Phi) is 5.86. The number of pyridine rings is 2. The van der Waals surface area contributed by atoms with Crippen LogP contribution in [0.1, 0.15) is 46.9 Å². The molecule has 0 aliphatic carbocycles. The lowest BCUT2D eigenvalue weighted by Gasteiger charge is -2.18. The van der Waals surface area contributed by atoms with Crippen molar-refractivity contribution in [1.82, 2.24) is 19.7 Å². The van der Waals surface area contributed by atoms with Gasteiger partial charge in [-0.05, 0) is 56.7 Å². The first-order valence-electron chi connectivity index (χ1n) is 11.3. The highest BCUT2D eigenvalue weighted by Crippen LogP contribution is 2.39. The fourth-order valence-electron chi connectivity index (χ4n) is 4.60. The fraction of sp³-hybridized carbons (Fsp3) is 0.185. The van der Waals surface area contributed by atoms with Crippen molar-refractivity contribution in [2.24, 2.45) is 0 Å². The van der Waals surface area contributed by atoms with Gasteiger partial charge in [0.25, 0.3) is 0 Å². The van der Waals surface area contributed by atoms with Crippen molar-refractivity contribution in [2.75, 3.05) is 0 Å². The zero-order valence-electron chi connectivity index (χ0n) is 19.5. The van der Waals surface area contributed by atoms with Crippen molar-refractivity contribution in [2.45, 2.75) is 33.2 Å². The largest absolute Gasteiger partial charge is 0.478 e. The number of hydrogen-bond acceptors (Lipinski definition) is 5. The molecule has 0 bridgehead atoms. The number of carboxylic acid groups (broad SMARTS) is 1. The average Bonchev–Trinajstić information content (AvgIpc) is 3.39. The van der Waals surface area contributed by atoms with Crippen molar-refractivity contribution in [3.8, 4) is 22.3 Å². The van der Waals surface area contributed by atoms with Crippen LogP contribution in [-0.2, 0) is 0 Å². The van der Waals surface area contributed by atoms with Crippen LogP contribution >= 0.6 is 11.6 Å². The van der Waals surface area contributed by atoms with Gasteiger partial charge in [0.05, 0.1) is 34.0 Å². The number of hydrogen-bond donors (Lipinski definition) is 1. The summed E-state index contributed by atoms with van der Waals surface area (Å²) in [5.74, 6) is -0.295. The molecule has 0 saturated carbocycles. The third-order valence-electron chi connectivity index (χ3n) is 6.25. The Balaban J connectivity index is 1.80. The zero-order valence-corrected chi connectivity index (χ0v) is 20.2. The summed E-state index contributed by atoms with van der Waals surface area (Å²) in [5.41, 5.74) is 6.64. The Morgan fingerprint density at radius 1 is 1.14 bits per heavy atom. The standard InChI is InChI=1S/C27H23ClN4O3/c1-4-23(22-7-5-6-10-29-22)32-14-20(19-11-17(27(33)34)8-9-21(19)28)26-24(32)12-18(13-30-26)25-15(2)31-35-16(25)3/h5-14,23H,4H2,1-3H3,(H,33,34). The molecule has 1 aromatic carbocycles. The first-order valence-corrected chi connectivity index (χ1v) is 11.6. The Labute approximate surface area is 207 Å². The second-order valence-electron chi connectivity index (χ2n) is 8.42. The van der Waals surface area contributed by atoms with E-state index in [1.165, 1.54) is 6.07 Å². The number of carboxylic acids is 1. The maximum absolute atomic E-state index is 11.7. The zero-order chi connectivity index (χ0) is 24.7. The molecule has 1 N–H and O–H groups in total. The summed E-state index contributed by atoms with van der Waals surface area (Å²) in [4.78, 5) is 21.1. The van der Waals surface area contributed by atoms with Crippen LogP contribution in [0, 0.1) is 13.8 Å². The van der Waals surface area contributed by atoms with E-state index in [-0.39, 0.29) is 11.6 Å². The van der Waals surface area contributed by atoms with Crippen LogP contribution in [0.3, 0.4) is 0 Å². The molecular weight excluding hydrogens is 464 g/mol. The van der Waals surface area contributed by atoms with E-state index in [4.69, 9.17) is 21.1 Å². The molecule has 0 saturated heterocycles. The molecule has 8 heteroatoms. The van der Waals surface area contributed by atoms with Gasteiger partial charge in [0.15, 0.2) is 0 Å². The van der Waals surface area contributed by atoms with Gasteiger partial charge >= 0.3 is 5.97 Å². The highest BCUT2D eigenvalue weighted by molar-refractivity contribution is 6.34. The van der Waals surface area contributed by atoms with Crippen molar-refractivity contribution in [1.29, 1.82) is 0 Å². The molecule has 0 amide bonds. The third-order valence-corrected chi connectivity index (χ3v) is 6.58.